The van der Waals surface area contributed by atoms with Crippen molar-refractivity contribution in [1.82, 2.24) is 0 Å². The minimum atomic E-state index is 0.500. The van der Waals surface area contributed by atoms with Gasteiger partial charge < -0.3 is 28.4 Å². The summed E-state index contributed by atoms with van der Waals surface area (Å²) in [6, 6.07) is 27.2. The highest BCUT2D eigenvalue weighted by Crippen LogP contribution is 2.42. The van der Waals surface area contributed by atoms with Gasteiger partial charge in [-0.05, 0) is 145 Å². The predicted octanol–water partition coefficient (Wildman–Crippen LogP) is 19.5. The minimum Gasteiger partial charge on any atom is -0.496 e. The van der Waals surface area contributed by atoms with Crippen molar-refractivity contribution < 1.29 is 29.8 Å². The van der Waals surface area contributed by atoms with E-state index < -0.39 is 0 Å². The van der Waals surface area contributed by atoms with E-state index in [9.17, 15) is 0 Å². The van der Waals surface area contributed by atoms with E-state index in [0.29, 0.717) is 6.90 Å². The van der Waals surface area contributed by atoms with Gasteiger partial charge in [0, 0.05) is 104 Å². The largest absolute Gasteiger partial charge is 0.496 e. The van der Waals surface area contributed by atoms with Crippen LogP contribution in [0.5, 0.6) is 34.5 Å². The molecule has 0 radical (unpaired) electrons. The lowest BCUT2D eigenvalue weighted by Gasteiger charge is -2.16. The van der Waals surface area contributed by atoms with Crippen LogP contribution in [0, 0.1) is 41.5 Å². The topological polar surface area (TPSA) is 55.4 Å². The number of thioether (sulfide) groups is 3. The minimum absolute atomic E-state index is 0.500. The fraction of sp³-hybridized carbons (Fsp3) is 0.419. The summed E-state index contributed by atoms with van der Waals surface area (Å²) in [6.07, 6.45) is 0. The third kappa shape index (κ3) is 17.9. The first kappa shape index (κ1) is 61.9. The van der Waals surface area contributed by atoms with E-state index in [0.717, 1.165) is 104 Å². The average molecular weight is 1210 g/mol. The third-order valence-corrected chi connectivity index (χ3v) is 23.3. The van der Waals surface area contributed by atoms with Crippen molar-refractivity contribution >= 4 is 100 Å². The van der Waals surface area contributed by atoms with Crippen LogP contribution < -0.4 is 28.4 Å². The Morgan fingerprint density at radius 3 is 0.584 bits per heavy atom. The lowest BCUT2D eigenvalue weighted by molar-refractivity contribution is 0.410. The van der Waals surface area contributed by atoms with Crippen molar-refractivity contribution in [2.24, 2.45) is 0 Å². The second-order valence-corrected chi connectivity index (χ2v) is 28.9. The third-order valence-electron chi connectivity index (χ3n) is 13.5. The van der Waals surface area contributed by atoms with Crippen molar-refractivity contribution in [3.8, 4) is 34.5 Å². The fourth-order valence-corrected chi connectivity index (χ4v) is 18.8. The number of aryl methyl sites for hydroxylation is 6. The van der Waals surface area contributed by atoms with Gasteiger partial charge in [0.2, 0.25) is 0 Å². The van der Waals surface area contributed by atoms with Crippen molar-refractivity contribution in [2.75, 3.05) is 42.7 Å². The van der Waals surface area contributed by atoms with Gasteiger partial charge in [-0.25, -0.2) is 0 Å². The number of ether oxygens (including phenoxy) is 6. The average Bonchev–Trinajstić information content (AvgIpc) is 3.44. The van der Waals surface area contributed by atoms with Crippen LogP contribution in [-0.4, -0.2) is 42.7 Å². The first-order valence-electron chi connectivity index (χ1n) is 26.2. The molecule has 77 heavy (non-hydrogen) atoms. The summed E-state index contributed by atoms with van der Waals surface area (Å²) in [6.45, 7) is 15.6. The number of benzene rings is 6. The number of rotatable bonds is 6. The molecule has 0 fully saturated rings. The molecular formula is C62H78O6S9. The molecule has 0 amide bonds. The fourth-order valence-electron chi connectivity index (χ4n) is 8.93. The summed E-state index contributed by atoms with van der Waals surface area (Å²) in [5.74, 6) is 17.0. The SMILES string of the molecule is COc1cc2c(C)cc1CSCc1cc(OC)c(cc1C)CSCc1cc(C)c(cc1OC)CSC2.COc1cc2c(C)cc1CSSCc1cc(OC)c(cc1C)CSSCc1cc(C)c(cc1OC)CSSC2.[2H]CC. The van der Waals surface area contributed by atoms with Gasteiger partial charge in [-0.15, -0.1) is 0 Å². The Kier molecular flexibility index (Phi) is 26.2. The van der Waals surface area contributed by atoms with E-state index in [1.54, 1.807) is 49.6 Å². The Morgan fingerprint density at radius 2 is 0.403 bits per heavy atom. The van der Waals surface area contributed by atoms with Gasteiger partial charge in [0.1, 0.15) is 34.5 Å². The van der Waals surface area contributed by atoms with Gasteiger partial charge in [-0.3, -0.25) is 0 Å². The second kappa shape index (κ2) is 32.6. The van der Waals surface area contributed by atoms with Gasteiger partial charge in [-0.1, -0.05) is 115 Å². The van der Waals surface area contributed by atoms with Crippen LogP contribution in [0.3, 0.4) is 0 Å². The Bertz CT molecular complexity index is 2920. The molecule has 0 saturated carbocycles. The Balaban J connectivity index is 0.000000241. The molecule has 0 aliphatic carbocycles. The molecule has 0 spiro atoms. The quantitative estimate of drug-likeness (QED) is 0.149. The standard InChI is InChI=1S/C30H36O3S6.C30H36O3S3.C2H6/c1-19-7-25-16-37-36-15-24-12-30(33-6)27(9-21(24)3)18-39-38-17-26-8-20(2)23(11-29(26)32-5)14-35-34-13-22(19)10-28(25)31-4;1-19-7-25-16-35-15-24-12-30(33-6)27(9-21(24)3)18-36-17-26-8-20(2)23(11-29(26)32-5)14-34-13-22(19)10-28(25)31-4;1-2/h7-12H,13-18H2,1-6H3;7-12H,13-18H2,1-6H3;1-2H3/i;;1D. The normalized spacial score (nSPS) is 14.7. The van der Waals surface area contributed by atoms with Gasteiger partial charge in [0.15, 0.2) is 0 Å². The monoisotopic (exact) mass is 1210 g/mol. The summed E-state index contributed by atoms with van der Waals surface area (Å²) >= 11 is 5.78. The summed E-state index contributed by atoms with van der Waals surface area (Å²) < 4.78 is 41.0. The predicted molar refractivity (Wildman–Crippen MR) is 351 cm³/mol. The van der Waals surface area contributed by atoms with Gasteiger partial charge in [-0.2, -0.15) is 35.3 Å². The van der Waals surface area contributed by atoms with E-state index in [-0.39, 0.29) is 0 Å². The van der Waals surface area contributed by atoms with Crippen LogP contribution in [0.4, 0.5) is 0 Å². The Morgan fingerprint density at radius 1 is 0.260 bits per heavy atom. The van der Waals surface area contributed by atoms with E-state index in [1.165, 1.54) is 100 Å². The van der Waals surface area contributed by atoms with Crippen molar-refractivity contribution in [3.05, 3.63) is 173 Å². The van der Waals surface area contributed by atoms with E-state index in [4.69, 9.17) is 29.8 Å². The summed E-state index contributed by atoms with van der Waals surface area (Å²) in [4.78, 5) is 0. The molecule has 10 aliphatic heterocycles. The maximum atomic E-state index is 6.21. The van der Waals surface area contributed by atoms with Crippen LogP contribution in [-0.2, 0) is 69.0 Å². The molecule has 416 valence electrons. The lowest BCUT2D eigenvalue weighted by Crippen LogP contribution is -1.98. The molecule has 12 bridgehead atoms. The second-order valence-electron chi connectivity index (χ2n) is 18.6. The molecule has 10 aliphatic rings. The first-order valence-corrected chi connectivity index (χ1v) is 36.4. The lowest BCUT2D eigenvalue weighted by atomic mass is 10.1. The zero-order chi connectivity index (χ0) is 56.1. The molecule has 0 N–H and O–H groups in total. The zero-order valence-corrected chi connectivity index (χ0v) is 54.6. The van der Waals surface area contributed by atoms with Crippen molar-refractivity contribution in [1.29, 1.82) is 0 Å². The van der Waals surface area contributed by atoms with Crippen LogP contribution >= 0.6 is 100 Å². The number of hydrogen-bond donors (Lipinski definition) is 0. The highest BCUT2D eigenvalue weighted by molar-refractivity contribution is 8.76. The first-order chi connectivity index (χ1) is 37.8. The molecular weight excluding hydrogens is 1130 g/mol. The molecule has 0 aromatic heterocycles. The highest BCUT2D eigenvalue weighted by Gasteiger charge is 2.17. The maximum absolute atomic E-state index is 6.21. The van der Waals surface area contributed by atoms with Gasteiger partial charge in [0.05, 0.1) is 42.7 Å². The zero-order valence-electron chi connectivity index (χ0n) is 48.2. The molecule has 15 heteroatoms. The van der Waals surface area contributed by atoms with Crippen LogP contribution in [0.2, 0.25) is 0 Å². The van der Waals surface area contributed by atoms with E-state index in [1.807, 2.05) is 100 Å². The smallest absolute Gasteiger partial charge is 0.123 e. The van der Waals surface area contributed by atoms with Crippen molar-refractivity contribution in [3.63, 3.8) is 0 Å². The highest BCUT2D eigenvalue weighted by atomic mass is 33.1. The molecule has 6 aromatic rings. The van der Waals surface area contributed by atoms with Gasteiger partial charge in [0.25, 0.3) is 0 Å². The van der Waals surface area contributed by atoms with Crippen LogP contribution in [0.1, 0.15) is 115 Å². The van der Waals surface area contributed by atoms with Gasteiger partial charge >= 0.3 is 0 Å². The number of hydrogen-bond acceptors (Lipinski definition) is 15. The molecule has 0 unspecified atom stereocenters. The van der Waals surface area contributed by atoms with E-state index >= 15 is 0 Å². The van der Waals surface area contributed by atoms with Crippen molar-refractivity contribution in [2.45, 2.75) is 124 Å². The molecule has 6 nitrogen and oxygen atoms in total. The molecule has 0 atom stereocenters. The summed E-state index contributed by atoms with van der Waals surface area (Å²) in [5, 5.41) is 0. The molecule has 10 heterocycles. The number of fused-ring (bicyclic) bond motifs is 2. The Hall–Kier alpha value is -2.73. The molecule has 16 rings (SSSR count). The van der Waals surface area contributed by atoms with E-state index in [2.05, 4.69) is 114 Å². The van der Waals surface area contributed by atoms with Crippen LogP contribution in [0.25, 0.3) is 0 Å². The Labute approximate surface area is 500 Å². The molecule has 6 aromatic carbocycles. The van der Waals surface area contributed by atoms with Crippen LogP contribution in [0.15, 0.2) is 72.8 Å². The number of methoxy groups -OCH3 is 6. The summed E-state index contributed by atoms with van der Waals surface area (Å²) in [7, 11) is 22.0. The summed E-state index contributed by atoms with van der Waals surface area (Å²) in [5.41, 5.74) is 23.4. The maximum Gasteiger partial charge on any atom is 0.123 e. The molecule has 0 saturated heterocycles.